The van der Waals surface area contributed by atoms with Gasteiger partial charge >= 0.3 is 0 Å². The molecule has 0 saturated carbocycles. The molecule has 2 fully saturated rings. The van der Waals surface area contributed by atoms with Crippen molar-refractivity contribution in [1.82, 2.24) is 14.7 Å². The minimum atomic E-state index is -0.457. The third-order valence-corrected chi connectivity index (χ3v) is 4.95. The first-order valence-corrected chi connectivity index (χ1v) is 8.67. The molecule has 0 atom stereocenters. The van der Waals surface area contributed by atoms with Crippen LogP contribution in [0.3, 0.4) is 0 Å². The van der Waals surface area contributed by atoms with Gasteiger partial charge in [-0.05, 0) is 31.0 Å². The number of hydrogen-bond donors (Lipinski definition) is 0. The Kier molecular flexibility index (Phi) is 5.36. The van der Waals surface area contributed by atoms with E-state index in [0.717, 1.165) is 32.0 Å². The number of benzene rings is 1. The molecular formula is C17H21ClFN3O2. The van der Waals surface area contributed by atoms with E-state index in [1.165, 1.54) is 12.1 Å². The fourth-order valence-corrected chi connectivity index (χ4v) is 3.45. The number of hydrogen-bond acceptors (Lipinski definition) is 3. The first kappa shape index (κ1) is 17.2. The number of carbonyl (C=O) groups excluding carboxylic acids is 2. The molecule has 0 bridgehead atoms. The summed E-state index contributed by atoms with van der Waals surface area (Å²) in [6.45, 7) is 4.54. The molecule has 7 heteroatoms. The van der Waals surface area contributed by atoms with Crippen LogP contribution in [-0.4, -0.2) is 72.3 Å². The molecule has 24 heavy (non-hydrogen) atoms. The van der Waals surface area contributed by atoms with E-state index in [9.17, 15) is 14.0 Å². The van der Waals surface area contributed by atoms with Crippen LogP contribution in [0.5, 0.6) is 0 Å². The first-order chi connectivity index (χ1) is 11.5. The van der Waals surface area contributed by atoms with Gasteiger partial charge in [-0.3, -0.25) is 14.5 Å². The Morgan fingerprint density at radius 2 is 1.67 bits per heavy atom. The zero-order valence-corrected chi connectivity index (χ0v) is 14.3. The summed E-state index contributed by atoms with van der Waals surface area (Å²) in [5.74, 6) is -0.471. The average Bonchev–Trinajstić information content (AvgIpc) is 3.09. The quantitative estimate of drug-likeness (QED) is 0.833. The molecule has 5 nitrogen and oxygen atoms in total. The lowest BCUT2D eigenvalue weighted by molar-refractivity contribution is -0.131. The molecule has 2 aliphatic rings. The fraction of sp³-hybridized carbons (Fsp3) is 0.529. The normalized spacial score (nSPS) is 18.9. The maximum absolute atomic E-state index is 13.1. The number of amides is 2. The van der Waals surface area contributed by atoms with Crippen molar-refractivity contribution in [1.29, 1.82) is 0 Å². The van der Waals surface area contributed by atoms with Gasteiger partial charge in [-0.15, -0.1) is 0 Å². The number of carbonyl (C=O) groups is 2. The highest BCUT2D eigenvalue weighted by atomic mass is 35.5. The standard InChI is InChI=1S/C17H21ClFN3O2/c18-15-11-13(19)3-4-14(15)17(24)22-9-7-20(8-10-22)12-16(23)21-5-1-2-6-21/h3-4,11H,1-2,5-10,12H2. The molecule has 2 heterocycles. The molecule has 1 aromatic rings. The molecule has 2 aliphatic heterocycles. The topological polar surface area (TPSA) is 43.9 Å². The van der Waals surface area contributed by atoms with Crippen molar-refractivity contribution in [2.75, 3.05) is 45.8 Å². The van der Waals surface area contributed by atoms with Crippen LogP contribution in [0.1, 0.15) is 23.2 Å². The summed E-state index contributed by atoms with van der Waals surface area (Å²) in [6, 6.07) is 3.81. The molecule has 2 amide bonds. The van der Waals surface area contributed by atoms with E-state index in [0.29, 0.717) is 38.3 Å². The molecular weight excluding hydrogens is 333 g/mol. The molecule has 130 valence electrons. The Balaban J connectivity index is 1.52. The number of piperazine rings is 1. The highest BCUT2D eigenvalue weighted by Crippen LogP contribution is 2.20. The van der Waals surface area contributed by atoms with E-state index in [4.69, 9.17) is 11.6 Å². The molecule has 0 aromatic heterocycles. The highest BCUT2D eigenvalue weighted by molar-refractivity contribution is 6.33. The Bertz CT molecular complexity index is 626. The zero-order chi connectivity index (χ0) is 17.1. The monoisotopic (exact) mass is 353 g/mol. The van der Waals surface area contributed by atoms with Gasteiger partial charge in [0.1, 0.15) is 5.82 Å². The lowest BCUT2D eigenvalue weighted by atomic mass is 10.1. The molecule has 0 unspecified atom stereocenters. The summed E-state index contributed by atoms with van der Waals surface area (Å²) in [4.78, 5) is 30.4. The Hall–Kier alpha value is -1.66. The molecule has 0 aliphatic carbocycles. The minimum absolute atomic E-state index is 0.131. The minimum Gasteiger partial charge on any atom is -0.342 e. The summed E-state index contributed by atoms with van der Waals surface area (Å²) in [5, 5.41) is 0.131. The van der Waals surface area contributed by atoms with E-state index in [-0.39, 0.29) is 16.8 Å². The van der Waals surface area contributed by atoms with Crippen molar-refractivity contribution < 1.29 is 14.0 Å². The molecule has 0 radical (unpaired) electrons. The second-order valence-corrected chi connectivity index (χ2v) is 6.69. The number of likely N-dealkylation sites (tertiary alicyclic amines) is 1. The van der Waals surface area contributed by atoms with Crippen LogP contribution in [0.25, 0.3) is 0 Å². The number of rotatable bonds is 3. The van der Waals surface area contributed by atoms with Crippen LogP contribution in [0.2, 0.25) is 5.02 Å². The van der Waals surface area contributed by atoms with E-state index in [1.54, 1.807) is 4.90 Å². The van der Waals surface area contributed by atoms with Crippen molar-refractivity contribution >= 4 is 23.4 Å². The molecule has 0 N–H and O–H groups in total. The predicted molar refractivity (Wildman–Crippen MR) is 89.6 cm³/mol. The lowest BCUT2D eigenvalue weighted by Gasteiger charge is -2.35. The SMILES string of the molecule is O=C(CN1CCN(C(=O)c2ccc(F)cc2Cl)CC1)N1CCCC1. The summed E-state index contributed by atoms with van der Waals surface area (Å²) in [7, 11) is 0. The van der Waals surface area contributed by atoms with Gasteiger partial charge in [-0.1, -0.05) is 11.6 Å². The van der Waals surface area contributed by atoms with Crippen LogP contribution >= 0.6 is 11.6 Å². The fourth-order valence-electron chi connectivity index (χ4n) is 3.20. The smallest absolute Gasteiger partial charge is 0.255 e. The predicted octanol–water partition coefficient (Wildman–Crippen LogP) is 1.86. The van der Waals surface area contributed by atoms with Crippen molar-refractivity contribution in [2.45, 2.75) is 12.8 Å². The molecule has 0 spiro atoms. The van der Waals surface area contributed by atoms with Crippen LogP contribution < -0.4 is 0 Å². The summed E-state index contributed by atoms with van der Waals surface area (Å²) in [6.07, 6.45) is 2.18. The maximum Gasteiger partial charge on any atom is 0.255 e. The van der Waals surface area contributed by atoms with Crippen molar-refractivity contribution in [3.63, 3.8) is 0 Å². The van der Waals surface area contributed by atoms with Gasteiger partial charge < -0.3 is 9.80 Å². The average molecular weight is 354 g/mol. The third-order valence-electron chi connectivity index (χ3n) is 4.64. The van der Waals surface area contributed by atoms with Crippen molar-refractivity contribution in [3.8, 4) is 0 Å². The zero-order valence-electron chi connectivity index (χ0n) is 13.5. The van der Waals surface area contributed by atoms with Gasteiger partial charge in [0, 0.05) is 39.3 Å². The molecule has 2 saturated heterocycles. The number of nitrogens with zero attached hydrogens (tertiary/aromatic N) is 3. The summed E-state index contributed by atoms with van der Waals surface area (Å²) in [5.41, 5.74) is 0.319. The first-order valence-electron chi connectivity index (χ1n) is 8.29. The lowest BCUT2D eigenvalue weighted by Crippen LogP contribution is -2.51. The van der Waals surface area contributed by atoms with Crippen molar-refractivity contribution in [3.05, 3.63) is 34.6 Å². The number of halogens is 2. The van der Waals surface area contributed by atoms with E-state index in [1.807, 2.05) is 4.90 Å². The van der Waals surface area contributed by atoms with E-state index < -0.39 is 5.82 Å². The summed E-state index contributed by atoms with van der Waals surface area (Å²) >= 11 is 5.97. The third kappa shape index (κ3) is 3.87. The van der Waals surface area contributed by atoms with Crippen LogP contribution in [0.4, 0.5) is 4.39 Å². The van der Waals surface area contributed by atoms with Gasteiger partial charge in [0.15, 0.2) is 0 Å². The van der Waals surface area contributed by atoms with Gasteiger partial charge in [0.05, 0.1) is 17.1 Å². The second kappa shape index (κ2) is 7.49. The maximum atomic E-state index is 13.1. The second-order valence-electron chi connectivity index (χ2n) is 6.28. The largest absolute Gasteiger partial charge is 0.342 e. The van der Waals surface area contributed by atoms with Gasteiger partial charge in [0.25, 0.3) is 5.91 Å². The van der Waals surface area contributed by atoms with Crippen LogP contribution in [0, 0.1) is 5.82 Å². The van der Waals surface area contributed by atoms with E-state index >= 15 is 0 Å². The van der Waals surface area contributed by atoms with Gasteiger partial charge in [-0.2, -0.15) is 0 Å². The van der Waals surface area contributed by atoms with Crippen LogP contribution in [-0.2, 0) is 4.79 Å². The Morgan fingerprint density at radius 1 is 1.00 bits per heavy atom. The summed E-state index contributed by atoms with van der Waals surface area (Å²) < 4.78 is 13.1. The van der Waals surface area contributed by atoms with Gasteiger partial charge in [0.2, 0.25) is 5.91 Å². The molecule has 1 aromatic carbocycles. The van der Waals surface area contributed by atoms with E-state index in [2.05, 4.69) is 4.90 Å². The van der Waals surface area contributed by atoms with Crippen LogP contribution in [0.15, 0.2) is 18.2 Å². The molecule has 3 rings (SSSR count). The van der Waals surface area contributed by atoms with Gasteiger partial charge in [-0.25, -0.2) is 4.39 Å². The Morgan fingerprint density at radius 3 is 2.29 bits per heavy atom. The van der Waals surface area contributed by atoms with Crippen molar-refractivity contribution in [2.24, 2.45) is 0 Å². The Labute approximate surface area is 146 Å². The highest BCUT2D eigenvalue weighted by Gasteiger charge is 2.26.